The van der Waals surface area contributed by atoms with Gasteiger partial charge in [-0.2, -0.15) is 0 Å². The number of thiophene rings is 1. The number of hydrogen-bond acceptors (Lipinski definition) is 3. The van der Waals surface area contributed by atoms with Crippen molar-refractivity contribution >= 4 is 22.9 Å². The molecule has 16 heavy (non-hydrogen) atoms. The number of pyridine rings is 1. The van der Waals surface area contributed by atoms with Gasteiger partial charge in [0.15, 0.2) is 0 Å². The van der Waals surface area contributed by atoms with E-state index in [1.165, 1.54) is 4.88 Å². The molecule has 0 aliphatic rings. The zero-order valence-corrected chi connectivity index (χ0v) is 10.3. The minimum absolute atomic E-state index is 0.433. The smallest absolute Gasteiger partial charge is 0.217 e. The summed E-state index contributed by atoms with van der Waals surface area (Å²) in [7, 11) is 0. The van der Waals surface area contributed by atoms with Gasteiger partial charge in [-0.3, -0.25) is 0 Å². The highest BCUT2D eigenvalue weighted by atomic mass is 35.5. The molecule has 0 saturated carbocycles. The molecule has 0 N–H and O–H groups in total. The summed E-state index contributed by atoms with van der Waals surface area (Å²) in [6, 6.07) is 7.95. The average molecular weight is 254 g/mol. The summed E-state index contributed by atoms with van der Waals surface area (Å²) in [5, 5.41) is 2.07. The van der Waals surface area contributed by atoms with Crippen molar-refractivity contribution in [3.63, 3.8) is 0 Å². The fraction of sp³-hybridized carbons (Fsp3) is 0.250. The van der Waals surface area contributed by atoms with E-state index in [-0.39, 0.29) is 0 Å². The molecule has 0 radical (unpaired) electrons. The van der Waals surface area contributed by atoms with Crippen LogP contribution in [0, 0.1) is 0 Å². The van der Waals surface area contributed by atoms with Gasteiger partial charge in [0.05, 0.1) is 12.5 Å². The van der Waals surface area contributed by atoms with Crippen molar-refractivity contribution in [1.82, 2.24) is 4.98 Å². The monoisotopic (exact) mass is 253 g/mol. The van der Waals surface area contributed by atoms with Crippen molar-refractivity contribution in [3.05, 3.63) is 46.3 Å². The molecule has 2 aromatic heterocycles. The number of rotatable bonds is 5. The lowest BCUT2D eigenvalue weighted by Crippen LogP contribution is -2.03. The van der Waals surface area contributed by atoms with E-state index < -0.39 is 0 Å². The molecular weight excluding hydrogens is 242 g/mol. The van der Waals surface area contributed by atoms with Crippen molar-refractivity contribution in [2.75, 3.05) is 6.61 Å². The SMILES string of the molecule is ClCc1cccnc1OCCc1cccs1. The van der Waals surface area contributed by atoms with Crippen LogP contribution >= 0.6 is 22.9 Å². The minimum Gasteiger partial charge on any atom is -0.477 e. The summed E-state index contributed by atoms with van der Waals surface area (Å²) in [5.41, 5.74) is 0.940. The molecule has 84 valence electrons. The zero-order chi connectivity index (χ0) is 11.2. The highest BCUT2D eigenvalue weighted by Crippen LogP contribution is 2.17. The number of aromatic nitrogens is 1. The molecule has 0 bridgehead atoms. The summed E-state index contributed by atoms with van der Waals surface area (Å²) >= 11 is 7.53. The third kappa shape index (κ3) is 2.97. The lowest BCUT2D eigenvalue weighted by molar-refractivity contribution is 0.308. The molecule has 2 aromatic rings. The highest BCUT2D eigenvalue weighted by molar-refractivity contribution is 7.09. The maximum Gasteiger partial charge on any atom is 0.217 e. The summed E-state index contributed by atoms with van der Waals surface area (Å²) < 4.78 is 5.61. The predicted octanol–water partition coefficient (Wildman–Crippen LogP) is 3.50. The number of halogens is 1. The molecule has 0 saturated heterocycles. The van der Waals surface area contributed by atoms with Crippen LogP contribution in [0.15, 0.2) is 35.8 Å². The van der Waals surface area contributed by atoms with E-state index in [2.05, 4.69) is 16.4 Å². The second-order valence-corrected chi connectivity index (χ2v) is 4.58. The molecule has 2 rings (SSSR count). The molecule has 0 unspecified atom stereocenters. The van der Waals surface area contributed by atoms with E-state index in [0.717, 1.165) is 12.0 Å². The lowest BCUT2D eigenvalue weighted by atomic mass is 10.3. The predicted molar refractivity (Wildman–Crippen MR) is 67.3 cm³/mol. The van der Waals surface area contributed by atoms with Crippen molar-refractivity contribution < 1.29 is 4.74 Å². The molecule has 2 heterocycles. The quantitative estimate of drug-likeness (QED) is 0.761. The average Bonchev–Trinajstić information content (AvgIpc) is 2.83. The third-order valence-electron chi connectivity index (χ3n) is 2.16. The normalized spacial score (nSPS) is 10.3. The van der Waals surface area contributed by atoms with E-state index in [0.29, 0.717) is 18.4 Å². The van der Waals surface area contributed by atoms with Gasteiger partial charge in [-0.05, 0) is 17.5 Å². The van der Waals surface area contributed by atoms with Crippen LogP contribution < -0.4 is 4.74 Å². The molecule has 0 aromatic carbocycles. The fourth-order valence-electron chi connectivity index (χ4n) is 1.36. The Morgan fingerprint density at radius 1 is 1.31 bits per heavy atom. The first-order valence-electron chi connectivity index (χ1n) is 5.05. The molecule has 0 aliphatic heterocycles. The van der Waals surface area contributed by atoms with E-state index in [1.807, 2.05) is 18.2 Å². The molecule has 0 spiro atoms. The van der Waals surface area contributed by atoms with Crippen LogP contribution in [0.3, 0.4) is 0 Å². The first-order chi connectivity index (χ1) is 7.90. The second kappa shape index (κ2) is 5.87. The van der Waals surface area contributed by atoms with Crippen molar-refractivity contribution in [2.24, 2.45) is 0 Å². The molecule has 4 heteroatoms. The van der Waals surface area contributed by atoms with Gasteiger partial charge in [-0.1, -0.05) is 12.1 Å². The largest absolute Gasteiger partial charge is 0.477 e. The lowest BCUT2D eigenvalue weighted by Gasteiger charge is -2.07. The summed E-state index contributed by atoms with van der Waals surface area (Å²) in [6.07, 6.45) is 2.63. The van der Waals surface area contributed by atoms with Gasteiger partial charge >= 0.3 is 0 Å². The van der Waals surface area contributed by atoms with Crippen LogP contribution in [-0.2, 0) is 12.3 Å². The minimum atomic E-state index is 0.433. The first-order valence-corrected chi connectivity index (χ1v) is 6.46. The summed E-state index contributed by atoms with van der Waals surface area (Å²) in [5.74, 6) is 1.08. The van der Waals surface area contributed by atoms with Crippen molar-refractivity contribution in [1.29, 1.82) is 0 Å². The number of ether oxygens (including phenoxy) is 1. The Bertz CT molecular complexity index is 430. The van der Waals surface area contributed by atoms with Crippen LogP contribution in [0.2, 0.25) is 0 Å². The van der Waals surface area contributed by atoms with Gasteiger partial charge in [0, 0.05) is 23.1 Å². The molecule has 0 amide bonds. The standard InChI is InChI=1S/C12H12ClNOS/c13-9-10-3-1-6-14-12(10)15-7-5-11-4-2-8-16-11/h1-4,6,8H,5,7,9H2. The van der Waals surface area contributed by atoms with Crippen molar-refractivity contribution in [3.8, 4) is 5.88 Å². The molecule has 0 fully saturated rings. The maximum absolute atomic E-state index is 5.79. The Morgan fingerprint density at radius 3 is 3.00 bits per heavy atom. The van der Waals surface area contributed by atoms with Crippen LogP contribution in [0.25, 0.3) is 0 Å². The Morgan fingerprint density at radius 2 is 2.25 bits per heavy atom. The number of alkyl halides is 1. The van der Waals surface area contributed by atoms with E-state index in [4.69, 9.17) is 16.3 Å². The molecule has 0 aliphatic carbocycles. The van der Waals surface area contributed by atoms with Crippen LogP contribution in [0.4, 0.5) is 0 Å². The van der Waals surface area contributed by atoms with Crippen LogP contribution in [-0.4, -0.2) is 11.6 Å². The van der Waals surface area contributed by atoms with Gasteiger partial charge in [0.1, 0.15) is 0 Å². The summed E-state index contributed by atoms with van der Waals surface area (Å²) in [6.45, 7) is 0.640. The van der Waals surface area contributed by atoms with Gasteiger partial charge in [-0.25, -0.2) is 4.98 Å². The molecule has 2 nitrogen and oxygen atoms in total. The van der Waals surface area contributed by atoms with Crippen LogP contribution in [0.5, 0.6) is 5.88 Å². The van der Waals surface area contributed by atoms with E-state index in [9.17, 15) is 0 Å². The van der Waals surface area contributed by atoms with E-state index in [1.54, 1.807) is 17.5 Å². The van der Waals surface area contributed by atoms with Gasteiger partial charge in [0.25, 0.3) is 0 Å². The van der Waals surface area contributed by atoms with Crippen LogP contribution in [0.1, 0.15) is 10.4 Å². The Hall–Kier alpha value is -1.06. The van der Waals surface area contributed by atoms with Gasteiger partial charge in [-0.15, -0.1) is 22.9 Å². The highest BCUT2D eigenvalue weighted by Gasteiger charge is 2.03. The number of nitrogens with zero attached hydrogens (tertiary/aromatic N) is 1. The van der Waals surface area contributed by atoms with Gasteiger partial charge < -0.3 is 4.74 Å². The maximum atomic E-state index is 5.79. The van der Waals surface area contributed by atoms with Crippen molar-refractivity contribution in [2.45, 2.75) is 12.3 Å². The first kappa shape index (κ1) is 11.4. The topological polar surface area (TPSA) is 22.1 Å². The van der Waals surface area contributed by atoms with E-state index >= 15 is 0 Å². The Balaban J connectivity index is 1.89. The third-order valence-corrected chi connectivity index (χ3v) is 3.39. The fourth-order valence-corrected chi connectivity index (χ4v) is 2.25. The second-order valence-electron chi connectivity index (χ2n) is 3.28. The zero-order valence-electron chi connectivity index (χ0n) is 8.73. The Kier molecular flexibility index (Phi) is 4.19. The molecular formula is C12H12ClNOS. The number of hydrogen-bond donors (Lipinski definition) is 0. The Labute approximate surface area is 104 Å². The van der Waals surface area contributed by atoms with Gasteiger partial charge in [0.2, 0.25) is 5.88 Å². The molecule has 0 atom stereocenters. The summed E-state index contributed by atoms with van der Waals surface area (Å²) in [4.78, 5) is 5.49.